The molecular formula is C36H6F20Se. The van der Waals surface area contributed by atoms with Gasteiger partial charge in [0.15, 0.2) is 0 Å². The second kappa shape index (κ2) is 14.7. The summed E-state index contributed by atoms with van der Waals surface area (Å²) in [5.41, 5.74) is -14.8. The first-order valence-electron chi connectivity index (χ1n) is 14.7. The average Bonchev–Trinajstić information content (AvgIpc) is 3.19. The quantitative estimate of drug-likeness (QED) is 0.0676. The molecule has 0 fully saturated rings. The minimum atomic E-state index is -2.84. The molecule has 0 N–H and O–H groups in total. The topological polar surface area (TPSA) is 0 Å². The van der Waals surface area contributed by atoms with E-state index < -0.39 is 185 Å². The predicted molar refractivity (Wildman–Crippen MR) is 159 cm³/mol. The summed E-state index contributed by atoms with van der Waals surface area (Å²) >= 11 is -2.38. The van der Waals surface area contributed by atoms with E-state index in [0.717, 1.165) is 0 Å². The molecule has 6 rings (SSSR count). The molecule has 0 atom stereocenters. The van der Waals surface area contributed by atoms with Gasteiger partial charge in [-0.15, -0.1) is 0 Å². The number of hydrogen-bond acceptors (Lipinski definition) is 0. The van der Waals surface area contributed by atoms with Crippen LogP contribution in [-0.2, 0) is 0 Å². The van der Waals surface area contributed by atoms with Gasteiger partial charge in [-0.05, 0) is 0 Å². The van der Waals surface area contributed by atoms with E-state index in [1.807, 2.05) is 0 Å². The second-order valence-corrected chi connectivity index (χ2v) is 13.5. The van der Waals surface area contributed by atoms with Gasteiger partial charge in [0.25, 0.3) is 0 Å². The molecule has 0 aliphatic heterocycles. The van der Waals surface area contributed by atoms with Gasteiger partial charge < -0.3 is 0 Å². The van der Waals surface area contributed by atoms with Crippen molar-refractivity contribution >= 4 is 23.9 Å². The first-order valence-corrected chi connectivity index (χ1v) is 16.4. The van der Waals surface area contributed by atoms with Crippen LogP contribution in [0.5, 0.6) is 0 Å². The molecule has 6 aromatic carbocycles. The molecule has 0 amide bonds. The van der Waals surface area contributed by atoms with Crippen molar-refractivity contribution in [1.29, 1.82) is 0 Å². The summed E-state index contributed by atoms with van der Waals surface area (Å²) in [6.45, 7) is 0. The zero-order valence-corrected chi connectivity index (χ0v) is 28.1. The van der Waals surface area contributed by atoms with E-state index in [2.05, 4.69) is 0 Å². The molecule has 6 aromatic rings. The van der Waals surface area contributed by atoms with E-state index >= 15 is 35.1 Å². The van der Waals surface area contributed by atoms with Crippen LogP contribution in [0.4, 0.5) is 87.8 Å². The molecule has 0 nitrogen and oxygen atoms in total. The third-order valence-corrected chi connectivity index (χ3v) is 10.5. The summed E-state index contributed by atoms with van der Waals surface area (Å²) in [7, 11) is 0. The summed E-state index contributed by atoms with van der Waals surface area (Å²) in [5.74, 6) is -55.4. The van der Waals surface area contributed by atoms with Crippen molar-refractivity contribution in [1.82, 2.24) is 0 Å². The maximum absolute atomic E-state index is 15.5. The minimum absolute atomic E-state index is 0.335. The Morgan fingerprint density at radius 3 is 0.632 bits per heavy atom. The van der Waals surface area contributed by atoms with Gasteiger partial charge in [-0.25, -0.2) is 0 Å². The predicted octanol–water partition coefficient (Wildman–Crippen LogP) is 10.8. The van der Waals surface area contributed by atoms with E-state index in [1.165, 1.54) is 0 Å². The van der Waals surface area contributed by atoms with Gasteiger partial charge in [-0.1, -0.05) is 0 Å². The fourth-order valence-electron chi connectivity index (χ4n) is 5.61. The van der Waals surface area contributed by atoms with E-state index in [9.17, 15) is 52.7 Å². The summed E-state index contributed by atoms with van der Waals surface area (Å²) in [5, 5.41) is 0. The molecule has 0 aromatic heterocycles. The fraction of sp³-hybridized carbons (Fsp3) is 0. The van der Waals surface area contributed by atoms with Crippen molar-refractivity contribution in [3.8, 4) is 44.5 Å². The Hall–Kier alpha value is -5.56. The molecule has 0 aliphatic rings. The van der Waals surface area contributed by atoms with Crippen LogP contribution in [0.1, 0.15) is 0 Å². The van der Waals surface area contributed by atoms with E-state index in [0.29, 0.717) is 36.4 Å². The molecular weight excluding hydrogens is 891 g/mol. The van der Waals surface area contributed by atoms with Crippen molar-refractivity contribution in [2.24, 2.45) is 0 Å². The normalized spacial score (nSPS) is 11.6. The summed E-state index contributed by atoms with van der Waals surface area (Å²) in [6.07, 6.45) is 0. The molecule has 21 heteroatoms. The number of halogens is 20. The van der Waals surface area contributed by atoms with Crippen LogP contribution < -0.4 is 8.92 Å². The molecule has 0 spiro atoms. The standard InChI is InChI=1S/C36H6F20Se/c37-17-13(18(38)26(46)33(53)25(17)45)7-3-1-5-9(11(7)15-21(41)29(49)35(55)30(50)22(15)42)57-10-6-2-4-8(14-19(39)27(47)34(54)28(48)20(14)40)12(10)16-23(43)31(51)36(56)32(52)24(16)44/h1-6H. The van der Waals surface area contributed by atoms with Crippen LogP contribution in [-0.4, -0.2) is 15.0 Å². The van der Waals surface area contributed by atoms with Crippen molar-refractivity contribution < 1.29 is 87.8 Å². The molecule has 0 saturated heterocycles. The fourth-order valence-corrected chi connectivity index (χ4v) is 8.04. The zero-order chi connectivity index (χ0) is 42.3. The molecule has 0 saturated carbocycles. The van der Waals surface area contributed by atoms with E-state index in [4.69, 9.17) is 0 Å². The molecule has 0 heterocycles. The van der Waals surface area contributed by atoms with Gasteiger partial charge in [0.2, 0.25) is 0 Å². The second-order valence-electron chi connectivity index (χ2n) is 11.2. The maximum atomic E-state index is 15.5. The Bertz CT molecular complexity index is 2430. The molecule has 57 heavy (non-hydrogen) atoms. The van der Waals surface area contributed by atoms with Crippen molar-refractivity contribution in [2.75, 3.05) is 0 Å². The zero-order valence-electron chi connectivity index (χ0n) is 26.4. The van der Waals surface area contributed by atoms with Crippen LogP contribution in [0.2, 0.25) is 0 Å². The number of rotatable bonds is 6. The van der Waals surface area contributed by atoms with Crippen molar-refractivity contribution in [2.45, 2.75) is 0 Å². The van der Waals surface area contributed by atoms with Crippen molar-refractivity contribution in [3.05, 3.63) is 153 Å². The van der Waals surface area contributed by atoms with Crippen LogP contribution in [0.3, 0.4) is 0 Å². The molecule has 0 radical (unpaired) electrons. The number of hydrogen-bond donors (Lipinski definition) is 0. The van der Waals surface area contributed by atoms with E-state index in [1.54, 1.807) is 0 Å². The summed E-state index contributed by atoms with van der Waals surface area (Å²) in [6, 6.07) is 2.98. The van der Waals surface area contributed by atoms with Crippen LogP contribution in [0.25, 0.3) is 44.5 Å². The average molecular weight is 897 g/mol. The Balaban J connectivity index is 1.81. The summed E-state index contributed by atoms with van der Waals surface area (Å²) in [4.78, 5) is 0. The van der Waals surface area contributed by atoms with Crippen molar-refractivity contribution in [3.63, 3.8) is 0 Å². The molecule has 0 aliphatic carbocycles. The molecule has 296 valence electrons. The van der Waals surface area contributed by atoms with Gasteiger partial charge in [0.1, 0.15) is 0 Å². The third kappa shape index (κ3) is 6.18. The van der Waals surface area contributed by atoms with Gasteiger partial charge in [-0.3, -0.25) is 0 Å². The van der Waals surface area contributed by atoms with Gasteiger partial charge in [-0.2, -0.15) is 0 Å². The monoisotopic (exact) mass is 898 g/mol. The SMILES string of the molecule is Fc1c(F)c(F)c(-c2cccc([Se]c3cccc(-c4c(F)c(F)c(F)c(F)c4F)c3-c3c(F)c(F)c(F)c(F)c3F)c2-c2c(F)c(F)c(F)c(F)c2F)c(F)c1F. The Kier molecular flexibility index (Phi) is 10.6. The Morgan fingerprint density at radius 2 is 0.404 bits per heavy atom. The van der Waals surface area contributed by atoms with Gasteiger partial charge >= 0.3 is 309 Å². The Morgan fingerprint density at radius 1 is 0.211 bits per heavy atom. The molecule has 0 bridgehead atoms. The van der Waals surface area contributed by atoms with Gasteiger partial charge in [0.05, 0.1) is 0 Å². The first-order chi connectivity index (χ1) is 26.7. The number of benzene rings is 6. The van der Waals surface area contributed by atoms with Crippen LogP contribution in [0, 0.1) is 116 Å². The molecule has 0 unspecified atom stereocenters. The Labute approximate surface area is 308 Å². The van der Waals surface area contributed by atoms with Crippen LogP contribution >= 0.6 is 0 Å². The van der Waals surface area contributed by atoms with Crippen LogP contribution in [0.15, 0.2) is 36.4 Å². The third-order valence-electron chi connectivity index (χ3n) is 8.15. The van der Waals surface area contributed by atoms with E-state index in [-0.39, 0.29) is 0 Å². The first kappa shape index (κ1) is 41.1. The van der Waals surface area contributed by atoms with Gasteiger partial charge in [0, 0.05) is 0 Å². The summed E-state index contributed by atoms with van der Waals surface area (Å²) < 4.78 is 293.